The Labute approximate surface area is 119 Å². The lowest BCUT2D eigenvalue weighted by atomic mass is 10.2. The molecule has 1 fully saturated rings. The third kappa shape index (κ3) is 4.55. The average Bonchev–Trinajstić information content (AvgIpc) is 3.05. The predicted molar refractivity (Wildman–Crippen MR) is 72.9 cm³/mol. The molecule has 2 heterocycles. The normalized spacial score (nSPS) is 19.6. The first-order valence-corrected chi connectivity index (χ1v) is 8.27. The molecule has 0 aliphatic carbocycles. The van der Waals surface area contributed by atoms with E-state index in [9.17, 15) is 8.42 Å². The molecule has 1 aromatic heterocycles. The lowest BCUT2D eigenvalue weighted by Crippen LogP contribution is -2.26. The first-order valence-electron chi connectivity index (χ1n) is 6.78. The van der Waals surface area contributed by atoms with Crippen LogP contribution in [0.1, 0.15) is 25.1 Å². The third-order valence-corrected chi connectivity index (χ3v) is 4.43. The monoisotopic (exact) mass is 303 g/mol. The Morgan fingerprint density at radius 1 is 1.60 bits per heavy atom. The summed E-state index contributed by atoms with van der Waals surface area (Å²) in [5.74, 6) is 0.574. The van der Waals surface area contributed by atoms with Gasteiger partial charge in [0.2, 0.25) is 0 Å². The van der Waals surface area contributed by atoms with Crippen molar-refractivity contribution in [3.05, 3.63) is 12.0 Å². The zero-order valence-electron chi connectivity index (χ0n) is 11.6. The summed E-state index contributed by atoms with van der Waals surface area (Å²) in [5.41, 5.74) is 0. The molecule has 0 saturated carbocycles. The van der Waals surface area contributed by atoms with Crippen LogP contribution in [0.4, 0.5) is 0 Å². The molecule has 0 amide bonds. The highest BCUT2D eigenvalue weighted by molar-refractivity contribution is 7.89. The topological polar surface area (TPSA) is 93.3 Å². The zero-order valence-corrected chi connectivity index (χ0v) is 12.4. The minimum Gasteiger partial charge on any atom is -0.379 e. The molecule has 2 N–H and O–H groups in total. The van der Waals surface area contributed by atoms with Crippen molar-refractivity contribution >= 4 is 10.0 Å². The summed E-state index contributed by atoms with van der Waals surface area (Å²) in [7, 11) is -3.49. The van der Waals surface area contributed by atoms with Gasteiger partial charge < -0.3 is 14.5 Å². The highest BCUT2D eigenvalue weighted by Crippen LogP contribution is 2.11. The van der Waals surface area contributed by atoms with E-state index in [2.05, 4.69) is 14.7 Å². The maximum atomic E-state index is 11.8. The van der Waals surface area contributed by atoms with Gasteiger partial charge >= 0.3 is 0 Å². The number of ether oxygens (including phenoxy) is 2. The Morgan fingerprint density at radius 3 is 3.10 bits per heavy atom. The molecule has 1 saturated heterocycles. The predicted octanol–water partition coefficient (Wildman–Crippen LogP) is 0.582. The van der Waals surface area contributed by atoms with Crippen molar-refractivity contribution < 1.29 is 17.9 Å². The molecule has 8 heteroatoms. The van der Waals surface area contributed by atoms with E-state index in [1.54, 1.807) is 6.92 Å². The zero-order chi connectivity index (χ0) is 14.4. The molecule has 114 valence electrons. The van der Waals surface area contributed by atoms with Crippen molar-refractivity contribution in [1.82, 2.24) is 14.7 Å². The summed E-state index contributed by atoms with van der Waals surface area (Å²) >= 11 is 0. The van der Waals surface area contributed by atoms with E-state index in [0.29, 0.717) is 32.0 Å². The van der Waals surface area contributed by atoms with E-state index in [4.69, 9.17) is 9.47 Å². The Morgan fingerprint density at radius 2 is 2.45 bits per heavy atom. The largest absolute Gasteiger partial charge is 0.379 e. The van der Waals surface area contributed by atoms with Crippen molar-refractivity contribution in [1.29, 1.82) is 0 Å². The van der Waals surface area contributed by atoms with E-state index in [0.717, 1.165) is 19.4 Å². The quantitative estimate of drug-likeness (QED) is 0.685. The number of aromatic amines is 1. The first-order chi connectivity index (χ1) is 9.58. The maximum absolute atomic E-state index is 11.8. The van der Waals surface area contributed by atoms with E-state index in [1.165, 1.54) is 6.20 Å². The standard InChI is InChI=1S/C12H21N3O4S/c1-10-13-8-12(15-10)20(16,17)14-5-3-6-18-9-11-4-2-7-19-11/h8,11,14H,2-7,9H2,1H3,(H,13,15). The number of nitrogens with zero attached hydrogens (tertiary/aromatic N) is 1. The van der Waals surface area contributed by atoms with Gasteiger partial charge in [-0.1, -0.05) is 0 Å². The molecule has 1 aliphatic rings. The summed E-state index contributed by atoms with van der Waals surface area (Å²) in [6.07, 6.45) is 4.29. The van der Waals surface area contributed by atoms with Crippen LogP contribution in [0.25, 0.3) is 0 Å². The van der Waals surface area contributed by atoms with Crippen molar-refractivity contribution in [3.63, 3.8) is 0 Å². The molecule has 20 heavy (non-hydrogen) atoms. The van der Waals surface area contributed by atoms with Crippen LogP contribution in [0.2, 0.25) is 0 Å². The van der Waals surface area contributed by atoms with Crippen molar-refractivity contribution in [2.75, 3.05) is 26.4 Å². The minimum atomic E-state index is -3.49. The summed E-state index contributed by atoms with van der Waals surface area (Å²) in [5, 5.41) is 0.0928. The molecule has 2 rings (SSSR count). The number of nitrogens with one attached hydrogen (secondary N) is 2. The second-order valence-corrected chi connectivity index (χ2v) is 6.53. The number of aromatic nitrogens is 2. The maximum Gasteiger partial charge on any atom is 0.257 e. The molecule has 1 unspecified atom stereocenters. The number of sulfonamides is 1. The number of H-pyrrole nitrogens is 1. The summed E-state index contributed by atoms with van der Waals surface area (Å²) in [6.45, 7) is 3.97. The number of rotatable bonds is 8. The van der Waals surface area contributed by atoms with Crippen LogP contribution in [0.15, 0.2) is 11.2 Å². The molecule has 0 aromatic carbocycles. The van der Waals surface area contributed by atoms with Gasteiger partial charge in [-0.05, 0) is 26.2 Å². The lowest BCUT2D eigenvalue weighted by Gasteiger charge is -2.10. The van der Waals surface area contributed by atoms with E-state index in [-0.39, 0.29) is 11.1 Å². The summed E-state index contributed by atoms with van der Waals surface area (Å²) in [4.78, 5) is 6.57. The lowest BCUT2D eigenvalue weighted by molar-refractivity contribution is 0.0169. The van der Waals surface area contributed by atoms with Crippen LogP contribution in [0, 0.1) is 6.92 Å². The van der Waals surface area contributed by atoms with E-state index in [1.807, 2.05) is 0 Å². The Bertz CT molecular complexity index is 509. The number of hydrogen-bond acceptors (Lipinski definition) is 5. The highest BCUT2D eigenvalue weighted by atomic mass is 32.2. The fourth-order valence-electron chi connectivity index (χ4n) is 1.98. The van der Waals surface area contributed by atoms with Gasteiger partial charge in [0, 0.05) is 19.8 Å². The molecule has 7 nitrogen and oxygen atoms in total. The minimum absolute atomic E-state index is 0.0928. The first kappa shape index (κ1) is 15.4. The van der Waals surface area contributed by atoms with Crippen molar-refractivity contribution in [3.8, 4) is 0 Å². The van der Waals surface area contributed by atoms with Crippen LogP contribution in [0.5, 0.6) is 0 Å². The number of aryl methyl sites for hydroxylation is 1. The number of hydrogen-bond donors (Lipinski definition) is 2. The van der Waals surface area contributed by atoms with Gasteiger partial charge in [-0.15, -0.1) is 0 Å². The Hall–Kier alpha value is -0.960. The van der Waals surface area contributed by atoms with Gasteiger partial charge in [-0.2, -0.15) is 0 Å². The van der Waals surface area contributed by atoms with Gasteiger partial charge in [0.05, 0.1) is 18.9 Å². The fourth-order valence-corrected chi connectivity index (χ4v) is 3.03. The van der Waals surface area contributed by atoms with Crippen LogP contribution >= 0.6 is 0 Å². The Kier molecular flexibility index (Phi) is 5.53. The molecule has 0 bridgehead atoms. The molecule has 1 aromatic rings. The molecule has 1 aliphatic heterocycles. The second kappa shape index (κ2) is 7.16. The Balaban J connectivity index is 1.60. The van der Waals surface area contributed by atoms with Crippen LogP contribution in [-0.2, 0) is 19.5 Å². The van der Waals surface area contributed by atoms with Gasteiger partial charge in [0.1, 0.15) is 5.82 Å². The molecule has 1 atom stereocenters. The summed E-state index contributed by atoms with van der Waals surface area (Å²) in [6, 6.07) is 0. The van der Waals surface area contributed by atoms with E-state index >= 15 is 0 Å². The van der Waals surface area contributed by atoms with Crippen LogP contribution < -0.4 is 4.72 Å². The van der Waals surface area contributed by atoms with Gasteiger partial charge in [0.15, 0.2) is 5.03 Å². The average molecular weight is 303 g/mol. The smallest absolute Gasteiger partial charge is 0.257 e. The summed E-state index contributed by atoms with van der Waals surface area (Å²) < 4.78 is 37.1. The third-order valence-electron chi connectivity index (χ3n) is 3.05. The van der Waals surface area contributed by atoms with Crippen molar-refractivity contribution in [2.24, 2.45) is 0 Å². The molecule has 0 spiro atoms. The van der Waals surface area contributed by atoms with Gasteiger partial charge in [-0.25, -0.2) is 18.1 Å². The fraction of sp³-hybridized carbons (Fsp3) is 0.750. The van der Waals surface area contributed by atoms with Gasteiger partial charge in [-0.3, -0.25) is 0 Å². The van der Waals surface area contributed by atoms with Gasteiger partial charge in [0.25, 0.3) is 10.0 Å². The van der Waals surface area contributed by atoms with Crippen molar-refractivity contribution in [2.45, 2.75) is 37.3 Å². The molecule has 0 radical (unpaired) electrons. The SMILES string of the molecule is Cc1ncc(S(=O)(=O)NCCCOCC2CCCO2)[nH]1. The van der Waals surface area contributed by atoms with Crippen LogP contribution in [-0.4, -0.2) is 50.9 Å². The highest BCUT2D eigenvalue weighted by Gasteiger charge is 2.16. The van der Waals surface area contributed by atoms with E-state index < -0.39 is 10.0 Å². The molecular formula is C12H21N3O4S. The number of imidazole rings is 1. The van der Waals surface area contributed by atoms with Crippen LogP contribution in [0.3, 0.4) is 0 Å². The molecular weight excluding hydrogens is 282 g/mol. The second-order valence-electron chi connectivity index (χ2n) is 4.79.